The molecule has 2 aliphatic carbocycles. The summed E-state index contributed by atoms with van der Waals surface area (Å²) in [7, 11) is 0. The van der Waals surface area contributed by atoms with Crippen LogP contribution in [0.2, 0.25) is 0 Å². The van der Waals surface area contributed by atoms with Crippen LogP contribution in [-0.2, 0) is 5.41 Å². The molecule has 0 amide bonds. The second kappa shape index (κ2) is 20.7. The van der Waals surface area contributed by atoms with Crippen molar-refractivity contribution in [2.45, 2.75) is 5.41 Å². The van der Waals surface area contributed by atoms with Crippen LogP contribution < -0.4 is 0 Å². The van der Waals surface area contributed by atoms with Gasteiger partial charge in [0, 0.05) is 16.7 Å². The summed E-state index contributed by atoms with van der Waals surface area (Å²) in [6, 6.07) is 116. The molecule has 0 saturated carbocycles. The van der Waals surface area contributed by atoms with Crippen LogP contribution in [0.1, 0.15) is 22.3 Å². The lowest BCUT2D eigenvalue weighted by atomic mass is 9.70. The fourth-order valence-corrected chi connectivity index (χ4v) is 13.4. The van der Waals surface area contributed by atoms with Gasteiger partial charge >= 0.3 is 0 Å². The Labute approximate surface area is 495 Å². The van der Waals surface area contributed by atoms with Crippen molar-refractivity contribution in [2.24, 2.45) is 0 Å². The third-order valence-corrected chi connectivity index (χ3v) is 17.3. The molecule has 396 valence electrons. The van der Waals surface area contributed by atoms with Crippen molar-refractivity contribution < 1.29 is 0 Å². The molecule has 1 heterocycles. The largest absolute Gasteiger partial charge is 0.208 e. The number of fused-ring (bicyclic) bond motifs is 10. The first-order valence-electron chi connectivity index (χ1n) is 29.1. The monoisotopic (exact) mass is 1080 g/mol. The van der Waals surface area contributed by atoms with Crippen LogP contribution >= 0.6 is 0 Å². The van der Waals surface area contributed by atoms with E-state index in [1.807, 2.05) is 0 Å². The molecule has 0 bridgehead atoms. The van der Waals surface area contributed by atoms with Crippen LogP contribution in [0.15, 0.2) is 322 Å². The van der Waals surface area contributed by atoms with Gasteiger partial charge in [0.05, 0.1) is 5.41 Å². The normalized spacial score (nSPS) is 12.3. The molecule has 2 aliphatic rings. The third kappa shape index (κ3) is 8.64. The van der Waals surface area contributed by atoms with Gasteiger partial charge in [-0.15, -0.1) is 0 Å². The zero-order chi connectivity index (χ0) is 56.3. The van der Waals surface area contributed by atoms with Gasteiger partial charge in [-0.05, 0) is 177 Å². The van der Waals surface area contributed by atoms with Crippen LogP contribution in [0.5, 0.6) is 0 Å². The number of benzene rings is 13. The van der Waals surface area contributed by atoms with Gasteiger partial charge in [-0.25, -0.2) is 15.0 Å². The molecule has 0 N–H and O–H groups in total. The highest BCUT2D eigenvalue weighted by molar-refractivity contribution is 5.99. The maximum atomic E-state index is 5.58. The molecule has 13 aromatic carbocycles. The summed E-state index contributed by atoms with van der Waals surface area (Å²) in [5.74, 6) is 1.81. The first-order valence-corrected chi connectivity index (χ1v) is 29.1. The van der Waals surface area contributed by atoms with Crippen molar-refractivity contribution in [3.05, 3.63) is 344 Å². The Bertz CT molecular complexity index is 4710. The quantitative estimate of drug-likeness (QED) is 0.137. The maximum absolute atomic E-state index is 5.58. The van der Waals surface area contributed by atoms with E-state index in [2.05, 4.69) is 322 Å². The average Bonchev–Trinajstić information content (AvgIpc) is 1.55. The van der Waals surface area contributed by atoms with Gasteiger partial charge in [-0.1, -0.05) is 267 Å². The summed E-state index contributed by atoms with van der Waals surface area (Å²) in [4.78, 5) is 16.6. The minimum atomic E-state index is -0.524. The summed E-state index contributed by atoms with van der Waals surface area (Å²) in [6.07, 6.45) is 0. The molecule has 1 spiro atoms. The van der Waals surface area contributed by atoms with E-state index in [1.165, 1.54) is 61.2 Å². The number of nitrogens with zero attached hydrogens (tertiary/aromatic N) is 3. The molecule has 1 aromatic heterocycles. The van der Waals surface area contributed by atoms with Gasteiger partial charge in [-0.3, -0.25) is 0 Å². The molecule has 16 rings (SSSR count). The van der Waals surface area contributed by atoms with Gasteiger partial charge in [0.25, 0.3) is 0 Å². The molecule has 0 saturated heterocycles. The van der Waals surface area contributed by atoms with Gasteiger partial charge in [0.1, 0.15) is 0 Å². The topological polar surface area (TPSA) is 38.7 Å². The second-order valence-electron chi connectivity index (χ2n) is 22.2. The molecule has 85 heavy (non-hydrogen) atoms. The van der Waals surface area contributed by atoms with Crippen molar-refractivity contribution in [3.8, 4) is 134 Å². The van der Waals surface area contributed by atoms with Crippen molar-refractivity contribution in [1.29, 1.82) is 0 Å². The van der Waals surface area contributed by atoms with Gasteiger partial charge in [-0.2, -0.15) is 0 Å². The van der Waals surface area contributed by atoms with E-state index in [4.69, 9.17) is 15.0 Å². The molecule has 0 atom stereocenters. The van der Waals surface area contributed by atoms with Crippen molar-refractivity contribution in [2.75, 3.05) is 0 Å². The van der Waals surface area contributed by atoms with E-state index in [-0.39, 0.29) is 0 Å². The summed E-state index contributed by atoms with van der Waals surface area (Å²) in [5.41, 5.74) is 28.1. The SMILES string of the molecule is c1ccc(-c2cc(-c3ccccc3)cc(-c3cccc(-c4cccc(-c5nc(-c6cccc(-c7cc(-c8ccccc8)cc(-c8ccccc8)c7)c6)nc(-c6cccc7c6-c6ccccc6C76c7ccccc7-c7ccccc76)n5)c4)c3)c2)cc1. The lowest BCUT2D eigenvalue weighted by Crippen LogP contribution is -2.25. The molecule has 0 fully saturated rings. The molecule has 14 aromatic rings. The number of hydrogen-bond acceptors (Lipinski definition) is 3. The lowest BCUT2D eigenvalue weighted by molar-refractivity contribution is 0.794. The Morgan fingerprint density at radius 1 is 0.165 bits per heavy atom. The third-order valence-electron chi connectivity index (χ3n) is 17.3. The molecule has 0 unspecified atom stereocenters. The Kier molecular flexibility index (Phi) is 12.1. The summed E-state index contributed by atoms with van der Waals surface area (Å²) in [6.45, 7) is 0. The van der Waals surface area contributed by atoms with Crippen LogP contribution in [0.25, 0.3) is 134 Å². The van der Waals surface area contributed by atoms with Crippen molar-refractivity contribution >= 4 is 0 Å². The highest BCUT2D eigenvalue weighted by Gasteiger charge is 2.52. The molecule has 0 radical (unpaired) electrons. The van der Waals surface area contributed by atoms with E-state index in [0.717, 1.165) is 77.9 Å². The summed E-state index contributed by atoms with van der Waals surface area (Å²) < 4.78 is 0. The fraction of sp³-hybridized carbons (Fsp3) is 0.0122. The Hall–Kier alpha value is -11.1. The zero-order valence-electron chi connectivity index (χ0n) is 46.4. The maximum Gasteiger partial charge on any atom is 0.164 e. The van der Waals surface area contributed by atoms with Crippen LogP contribution in [0.3, 0.4) is 0 Å². The summed E-state index contributed by atoms with van der Waals surface area (Å²) in [5, 5.41) is 0. The Morgan fingerprint density at radius 2 is 0.412 bits per heavy atom. The van der Waals surface area contributed by atoms with Crippen molar-refractivity contribution in [1.82, 2.24) is 15.0 Å². The minimum absolute atomic E-state index is 0.524. The van der Waals surface area contributed by atoms with E-state index in [1.54, 1.807) is 0 Å². The lowest BCUT2D eigenvalue weighted by Gasteiger charge is -2.30. The van der Waals surface area contributed by atoms with E-state index < -0.39 is 5.41 Å². The number of hydrogen-bond donors (Lipinski definition) is 0. The highest BCUT2D eigenvalue weighted by Crippen LogP contribution is 2.64. The van der Waals surface area contributed by atoms with E-state index >= 15 is 0 Å². The van der Waals surface area contributed by atoms with Crippen molar-refractivity contribution in [3.63, 3.8) is 0 Å². The number of aromatic nitrogens is 3. The number of rotatable bonds is 10. The Morgan fingerprint density at radius 3 is 0.824 bits per heavy atom. The van der Waals surface area contributed by atoms with E-state index in [0.29, 0.717) is 17.5 Å². The van der Waals surface area contributed by atoms with Crippen LogP contribution in [0.4, 0.5) is 0 Å². The zero-order valence-corrected chi connectivity index (χ0v) is 46.4. The molecule has 3 nitrogen and oxygen atoms in total. The average molecular weight is 1080 g/mol. The first kappa shape index (κ1) is 49.7. The minimum Gasteiger partial charge on any atom is -0.208 e. The van der Waals surface area contributed by atoms with Gasteiger partial charge < -0.3 is 0 Å². The molecule has 3 heteroatoms. The van der Waals surface area contributed by atoms with E-state index in [9.17, 15) is 0 Å². The van der Waals surface area contributed by atoms with Gasteiger partial charge in [0.2, 0.25) is 0 Å². The second-order valence-corrected chi connectivity index (χ2v) is 22.2. The highest BCUT2D eigenvalue weighted by atomic mass is 15.0. The van der Waals surface area contributed by atoms with Gasteiger partial charge in [0.15, 0.2) is 17.5 Å². The molecular weight excluding hydrogens is 1030 g/mol. The smallest absolute Gasteiger partial charge is 0.164 e. The van der Waals surface area contributed by atoms with Crippen LogP contribution in [-0.4, -0.2) is 15.0 Å². The summed E-state index contributed by atoms with van der Waals surface area (Å²) >= 11 is 0. The molecule has 0 aliphatic heterocycles. The standard InChI is InChI=1S/C82H53N3/c1-5-23-54(24-6-1)64-48-65(55-25-7-2-8-26-55)51-68(50-64)60-33-19-31-58(45-60)59-32-20-35-62(46-59)79-83-80(63-36-21-34-61(47-63)69-52-66(56-27-9-3-10-28-56)49-67(53-69)57-29-11-4-12-30-57)85-81(84-79)73-40-22-44-77-78(73)72-39-15-18-43-76(72)82(77)74-41-16-13-37-70(74)71-38-14-17-42-75(71)82/h1-53H. The van der Waals surface area contributed by atoms with Crippen LogP contribution in [0, 0.1) is 0 Å². The fourth-order valence-electron chi connectivity index (χ4n) is 13.4. The Balaban J connectivity index is 0.866. The molecular formula is C82H53N3. The first-order chi connectivity index (χ1) is 42.1. The predicted octanol–water partition coefficient (Wildman–Crippen LogP) is 20.9. The predicted molar refractivity (Wildman–Crippen MR) is 350 cm³/mol.